The third-order valence-corrected chi connectivity index (χ3v) is 3.02. The van der Waals surface area contributed by atoms with Crippen molar-refractivity contribution in [2.75, 3.05) is 5.73 Å². The van der Waals surface area contributed by atoms with Crippen LogP contribution < -0.4 is 5.73 Å². The lowest BCUT2D eigenvalue weighted by molar-refractivity contribution is 0.656. The van der Waals surface area contributed by atoms with Crippen molar-refractivity contribution in [1.82, 2.24) is 14.8 Å². The number of rotatable bonds is 2. The third kappa shape index (κ3) is 1.73. The Balaban J connectivity index is 2.22. The van der Waals surface area contributed by atoms with Gasteiger partial charge in [0.2, 0.25) is 0 Å². The zero-order chi connectivity index (χ0) is 10.1. The number of nitrogens with two attached hydrogens (primary N) is 1. The Bertz CT molecular complexity index is 448. The Labute approximate surface area is 90.3 Å². The highest BCUT2D eigenvalue weighted by molar-refractivity contribution is 7.13. The van der Waals surface area contributed by atoms with Gasteiger partial charge in [0, 0.05) is 5.38 Å². The Kier molecular flexibility index (Phi) is 2.43. The van der Waals surface area contributed by atoms with Crippen LogP contribution in [-0.4, -0.2) is 14.8 Å². The maximum Gasteiger partial charge on any atom is 0.180 e. The molecule has 2 N–H and O–H groups in total. The van der Waals surface area contributed by atoms with Crippen molar-refractivity contribution in [3.63, 3.8) is 0 Å². The van der Waals surface area contributed by atoms with E-state index in [0.29, 0.717) is 16.7 Å². The first-order valence-corrected chi connectivity index (χ1v) is 5.30. The van der Waals surface area contributed by atoms with E-state index >= 15 is 0 Å². The van der Waals surface area contributed by atoms with Crippen molar-refractivity contribution in [2.45, 2.75) is 13.5 Å². The number of thiazole rings is 1. The van der Waals surface area contributed by atoms with Gasteiger partial charge in [0.1, 0.15) is 0 Å². The quantitative estimate of drug-likeness (QED) is 0.855. The molecular formula is C8H9ClN4S. The normalized spacial score (nSPS) is 10.7. The highest BCUT2D eigenvalue weighted by atomic mass is 35.5. The first-order valence-electron chi connectivity index (χ1n) is 4.04. The van der Waals surface area contributed by atoms with E-state index in [9.17, 15) is 0 Å². The second kappa shape index (κ2) is 3.59. The van der Waals surface area contributed by atoms with E-state index in [-0.39, 0.29) is 0 Å². The summed E-state index contributed by atoms with van der Waals surface area (Å²) in [6.07, 6.45) is 1.63. The molecule has 0 radical (unpaired) electrons. The van der Waals surface area contributed by atoms with Crippen LogP contribution in [0.5, 0.6) is 0 Å². The summed E-state index contributed by atoms with van der Waals surface area (Å²) in [4.78, 5) is 4.15. The molecule has 0 saturated carbocycles. The molecule has 74 valence electrons. The molecule has 6 heteroatoms. The van der Waals surface area contributed by atoms with Gasteiger partial charge in [0.25, 0.3) is 0 Å². The number of hydrogen-bond acceptors (Lipinski definition) is 4. The summed E-state index contributed by atoms with van der Waals surface area (Å²) in [5.74, 6) is 0. The number of nitrogens with zero attached hydrogens (tertiary/aromatic N) is 3. The SMILES string of the molecule is Cc1c(Cl)cnn1Cc1csc(N)n1. The van der Waals surface area contributed by atoms with Gasteiger partial charge in [-0.25, -0.2) is 4.98 Å². The molecule has 0 aromatic carbocycles. The summed E-state index contributed by atoms with van der Waals surface area (Å²) in [5, 5.41) is 7.30. The van der Waals surface area contributed by atoms with Crippen LogP contribution >= 0.6 is 22.9 Å². The molecule has 2 heterocycles. The van der Waals surface area contributed by atoms with Gasteiger partial charge in [-0.05, 0) is 6.92 Å². The summed E-state index contributed by atoms with van der Waals surface area (Å²) in [5.41, 5.74) is 7.38. The van der Waals surface area contributed by atoms with Gasteiger partial charge in [-0.15, -0.1) is 11.3 Å². The van der Waals surface area contributed by atoms with Crippen LogP contribution in [0.3, 0.4) is 0 Å². The van der Waals surface area contributed by atoms with Crippen LogP contribution in [0.15, 0.2) is 11.6 Å². The Hall–Kier alpha value is -1.07. The fourth-order valence-electron chi connectivity index (χ4n) is 1.13. The summed E-state index contributed by atoms with van der Waals surface area (Å²) in [6, 6.07) is 0. The number of halogens is 1. The lowest BCUT2D eigenvalue weighted by Gasteiger charge is -2.00. The second-order valence-corrected chi connectivity index (χ2v) is 4.21. The molecule has 0 atom stereocenters. The highest BCUT2D eigenvalue weighted by Gasteiger charge is 2.06. The first-order chi connectivity index (χ1) is 6.66. The van der Waals surface area contributed by atoms with Gasteiger partial charge in [0.15, 0.2) is 5.13 Å². The Morgan fingerprint density at radius 2 is 2.43 bits per heavy atom. The zero-order valence-corrected chi connectivity index (χ0v) is 9.14. The van der Waals surface area contributed by atoms with E-state index in [1.165, 1.54) is 11.3 Å². The van der Waals surface area contributed by atoms with Crippen molar-refractivity contribution in [3.8, 4) is 0 Å². The molecule has 2 aromatic heterocycles. The topological polar surface area (TPSA) is 56.7 Å². The molecule has 0 aliphatic heterocycles. The predicted octanol–water partition coefficient (Wildman–Crippen LogP) is 1.93. The number of anilines is 1. The number of aromatic nitrogens is 3. The van der Waals surface area contributed by atoms with Gasteiger partial charge in [-0.2, -0.15) is 5.10 Å². The van der Waals surface area contributed by atoms with E-state index in [2.05, 4.69) is 10.1 Å². The summed E-state index contributed by atoms with van der Waals surface area (Å²) >= 11 is 7.30. The average Bonchev–Trinajstić information content (AvgIpc) is 2.67. The van der Waals surface area contributed by atoms with E-state index in [1.54, 1.807) is 10.9 Å². The lowest BCUT2D eigenvalue weighted by Crippen LogP contribution is -2.03. The van der Waals surface area contributed by atoms with E-state index in [1.807, 2.05) is 12.3 Å². The van der Waals surface area contributed by atoms with Crippen LogP contribution in [-0.2, 0) is 6.54 Å². The molecule has 0 aliphatic carbocycles. The van der Waals surface area contributed by atoms with Crippen LogP contribution in [0, 0.1) is 6.92 Å². The maximum atomic E-state index is 5.87. The van der Waals surface area contributed by atoms with Gasteiger partial charge < -0.3 is 5.73 Å². The smallest absolute Gasteiger partial charge is 0.180 e. The minimum atomic E-state index is 0.580. The van der Waals surface area contributed by atoms with Crippen molar-refractivity contribution in [2.24, 2.45) is 0 Å². The summed E-state index contributed by atoms with van der Waals surface area (Å²) < 4.78 is 1.80. The number of hydrogen-bond donors (Lipinski definition) is 1. The molecule has 0 fully saturated rings. The average molecular weight is 229 g/mol. The molecule has 14 heavy (non-hydrogen) atoms. The molecule has 0 amide bonds. The molecular weight excluding hydrogens is 220 g/mol. The third-order valence-electron chi connectivity index (χ3n) is 1.92. The van der Waals surface area contributed by atoms with Crippen molar-refractivity contribution >= 4 is 28.1 Å². The molecule has 0 bridgehead atoms. The minimum Gasteiger partial charge on any atom is -0.375 e. The molecule has 0 spiro atoms. The second-order valence-electron chi connectivity index (χ2n) is 2.91. The standard InChI is InChI=1S/C8H9ClN4S/c1-5-7(9)2-11-13(5)3-6-4-14-8(10)12-6/h2,4H,3H2,1H3,(H2,10,12). The van der Waals surface area contributed by atoms with Gasteiger partial charge in [0.05, 0.1) is 29.2 Å². The van der Waals surface area contributed by atoms with Crippen LogP contribution in [0.1, 0.15) is 11.4 Å². The molecule has 0 saturated heterocycles. The van der Waals surface area contributed by atoms with Gasteiger partial charge >= 0.3 is 0 Å². The summed E-state index contributed by atoms with van der Waals surface area (Å²) in [6.45, 7) is 2.54. The molecule has 0 aliphatic rings. The first kappa shape index (κ1) is 9.48. The fraction of sp³-hybridized carbons (Fsp3) is 0.250. The predicted molar refractivity (Wildman–Crippen MR) is 57.6 cm³/mol. The minimum absolute atomic E-state index is 0.580. The molecule has 0 unspecified atom stereocenters. The van der Waals surface area contributed by atoms with Gasteiger partial charge in [-0.1, -0.05) is 11.6 Å². The Morgan fingerprint density at radius 3 is 2.93 bits per heavy atom. The van der Waals surface area contributed by atoms with Crippen LogP contribution in [0.2, 0.25) is 5.02 Å². The van der Waals surface area contributed by atoms with E-state index in [0.717, 1.165) is 11.4 Å². The van der Waals surface area contributed by atoms with Crippen molar-refractivity contribution < 1.29 is 0 Å². The fourth-order valence-corrected chi connectivity index (χ4v) is 1.83. The molecule has 4 nitrogen and oxygen atoms in total. The van der Waals surface area contributed by atoms with Gasteiger partial charge in [-0.3, -0.25) is 4.68 Å². The van der Waals surface area contributed by atoms with Crippen LogP contribution in [0.25, 0.3) is 0 Å². The van der Waals surface area contributed by atoms with E-state index in [4.69, 9.17) is 17.3 Å². The monoisotopic (exact) mass is 228 g/mol. The largest absolute Gasteiger partial charge is 0.375 e. The van der Waals surface area contributed by atoms with Crippen LogP contribution in [0.4, 0.5) is 5.13 Å². The van der Waals surface area contributed by atoms with Crippen molar-refractivity contribution in [3.05, 3.63) is 28.0 Å². The molecule has 2 aromatic rings. The zero-order valence-electron chi connectivity index (χ0n) is 7.57. The van der Waals surface area contributed by atoms with Crippen molar-refractivity contribution in [1.29, 1.82) is 0 Å². The number of nitrogen functional groups attached to an aromatic ring is 1. The lowest BCUT2D eigenvalue weighted by atomic mass is 10.4. The maximum absolute atomic E-state index is 5.87. The Morgan fingerprint density at radius 1 is 1.64 bits per heavy atom. The summed E-state index contributed by atoms with van der Waals surface area (Å²) in [7, 11) is 0. The van der Waals surface area contributed by atoms with E-state index < -0.39 is 0 Å². The molecule has 2 rings (SSSR count). The highest BCUT2D eigenvalue weighted by Crippen LogP contribution is 2.16.